The van der Waals surface area contributed by atoms with Crippen molar-refractivity contribution in [2.45, 2.75) is 39.8 Å². The lowest BCUT2D eigenvalue weighted by Gasteiger charge is -2.40. The third-order valence-electron chi connectivity index (χ3n) is 8.35. The van der Waals surface area contributed by atoms with Gasteiger partial charge in [-0.1, -0.05) is 12.1 Å². The summed E-state index contributed by atoms with van der Waals surface area (Å²) in [5.74, 6) is 1.51. The number of carbonyl (C=O) groups is 3. The molecule has 0 spiro atoms. The van der Waals surface area contributed by atoms with Crippen LogP contribution in [0.15, 0.2) is 42.1 Å². The van der Waals surface area contributed by atoms with E-state index < -0.39 is 23.8 Å². The summed E-state index contributed by atoms with van der Waals surface area (Å²) in [4.78, 5) is 44.8. The van der Waals surface area contributed by atoms with E-state index in [1.54, 1.807) is 45.2 Å². The highest BCUT2D eigenvalue weighted by molar-refractivity contribution is 6.14. The molecule has 1 aliphatic rings. The van der Waals surface area contributed by atoms with E-state index in [9.17, 15) is 14.4 Å². The smallest absolute Gasteiger partial charge is 0.277 e. The van der Waals surface area contributed by atoms with E-state index >= 15 is 0 Å². The molecule has 1 unspecified atom stereocenters. The fourth-order valence-electron chi connectivity index (χ4n) is 6.12. The normalized spacial score (nSPS) is 15.4. The Kier molecular flexibility index (Phi) is 11.1. The van der Waals surface area contributed by atoms with Gasteiger partial charge in [-0.2, -0.15) is 0 Å². The number of benzene rings is 3. The Hall–Kier alpha value is -5.39. The van der Waals surface area contributed by atoms with Gasteiger partial charge in [0.15, 0.2) is 23.0 Å². The summed E-state index contributed by atoms with van der Waals surface area (Å²) in [6, 6.07) is 9.30. The molecule has 3 aromatic rings. The molecule has 1 saturated heterocycles. The van der Waals surface area contributed by atoms with Crippen LogP contribution in [0.5, 0.6) is 40.2 Å². The molecule has 0 radical (unpaired) electrons. The third-order valence-corrected chi connectivity index (χ3v) is 8.35. The third kappa shape index (κ3) is 6.55. The molecular formula is C36H42N2O10. The molecule has 1 fully saturated rings. The van der Waals surface area contributed by atoms with Crippen molar-refractivity contribution in [3.05, 3.63) is 69.9 Å². The minimum atomic E-state index is -1.20. The first kappa shape index (κ1) is 35.5. The van der Waals surface area contributed by atoms with Crippen molar-refractivity contribution in [1.82, 2.24) is 9.80 Å². The maximum Gasteiger partial charge on any atom is 0.277 e. The van der Waals surface area contributed by atoms with Crippen molar-refractivity contribution in [2.75, 3.05) is 49.8 Å². The topological polar surface area (TPSA) is 122 Å². The maximum absolute atomic E-state index is 14.7. The van der Waals surface area contributed by atoms with Gasteiger partial charge < -0.3 is 38.1 Å². The predicted molar refractivity (Wildman–Crippen MR) is 178 cm³/mol. The molecule has 48 heavy (non-hydrogen) atoms. The van der Waals surface area contributed by atoms with Crippen molar-refractivity contribution < 1.29 is 47.5 Å². The molecule has 12 heteroatoms. The Bertz CT molecular complexity index is 1730. The highest BCUT2D eigenvalue weighted by atomic mass is 16.5. The number of hydrogen-bond acceptors (Lipinski definition) is 10. The average molecular weight is 663 g/mol. The van der Waals surface area contributed by atoms with E-state index in [4.69, 9.17) is 33.2 Å². The van der Waals surface area contributed by atoms with Crippen LogP contribution < -0.4 is 33.2 Å². The Morgan fingerprint density at radius 3 is 1.77 bits per heavy atom. The standard InChI is InChI=1S/C36H42N2O10/c1-20-31(45-7)24(17-29(43-5)33(20)47-9)15-27-36(41)38(22(3)39)28(35(40)37(27)19-23-11-13-26(42-4)14-12-23)16-25-18-30(44-6)34(48-10)21(2)32(25)46-8/h11-15,17-18,28H,16,19H2,1-10H3/b27-15+. The lowest BCUT2D eigenvalue weighted by Crippen LogP contribution is -2.60. The van der Waals surface area contributed by atoms with Crippen LogP contribution in [0.4, 0.5) is 0 Å². The highest BCUT2D eigenvalue weighted by Crippen LogP contribution is 2.43. The molecule has 3 aromatic carbocycles. The summed E-state index contributed by atoms with van der Waals surface area (Å²) in [5.41, 5.74) is 2.97. The summed E-state index contributed by atoms with van der Waals surface area (Å²) < 4.78 is 39.0. The van der Waals surface area contributed by atoms with Gasteiger partial charge in [0, 0.05) is 35.6 Å². The molecular weight excluding hydrogens is 620 g/mol. The molecule has 3 amide bonds. The molecule has 256 valence electrons. The van der Waals surface area contributed by atoms with Crippen LogP contribution in [-0.4, -0.2) is 83.3 Å². The second-order valence-corrected chi connectivity index (χ2v) is 11.0. The fourth-order valence-corrected chi connectivity index (χ4v) is 6.12. The van der Waals surface area contributed by atoms with E-state index in [1.807, 2.05) is 12.1 Å². The van der Waals surface area contributed by atoms with E-state index in [-0.39, 0.29) is 18.7 Å². The summed E-state index contributed by atoms with van der Waals surface area (Å²) in [7, 11) is 10.6. The Labute approximate surface area is 280 Å². The zero-order valence-electron chi connectivity index (χ0n) is 29.0. The zero-order chi connectivity index (χ0) is 35.3. The van der Waals surface area contributed by atoms with Crippen LogP contribution in [0.3, 0.4) is 0 Å². The number of ether oxygens (including phenoxy) is 7. The zero-order valence-corrected chi connectivity index (χ0v) is 29.0. The largest absolute Gasteiger partial charge is 0.497 e. The van der Waals surface area contributed by atoms with Crippen molar-refractivity contribution in [3.8, 4) is 40.2 Å². The van der Waals surface area contributed by atoms with Gasteiger partial charge in [0.25, 0.3) is 11.8 Å². The summed E-state index contributed by atoms with van der Waals surface area (Å²) >= 11 is 0. The van der Waals surface area contributed by atoms with Crippen LogP contribution in [0.2, 0.25) is 0 Å². The van der Waals surface area contributed by atoms with E-state index in [0.29, 0.717) is 62.5 Å². The first-order valence-electron chi connectivity index (χ1n) is 15.1. The number of nitrogens with zero attached hydrogens (tertiary/aromatic N) is 2. The number of amides is 3. The van der Waals surface area contributed by atoms with Gasteiger partial charge >= 0.3 is 0 Å². The number of hydrogen-bond donors (Lipinski definition) is 0. The Morgan fingerprint density at radius 1 is 0.729 bits per heavy atom. The minimum Gasteiger partial charge on any atom is -0.497 e. The van der Waals surface area contributed by atoms with Crippen LogP contribution in [0.1, 0.15) is 34.7 Å². The number of rotatable bonds is 12. The molecule has 12 nitrogen and oxygen atoms in total. The molecule has 0 saturated carbocycles. The SMILES string of the molecule is COc1ccc(CN2C(=O)C(Cc3cc(OC)c(OC)c(C)c3OC)N(C(C)=O)C(=O)/C2=C\c2cc(OC)c(OC)c(C)c2OC)cc1. The second kappa shape index (κ2) is 15.0. The minimum absolute atomic E-state index is 0.0253. The predicted octanol–water partition coefficient (Wildman–Crippen LogP) is 4.73. The van der Waals surface area contributed by atoms with Gasteiger partial charge in [0.2, 0.25) is 5.91 Å². The maximum atomic E-state index is 14.7. The molecule has 0 bridgehead atoms. The van der Waals surface area contributed by atoms with Gasteiger partial charge in [0.1, 0.15) is 29.0 Å². The van der Waals surface area contributed by atoms with Crippen LogP contribution in [0, 0.1) is 13.8 Å². The van der Waals surface area contributed by atoms with Gasteiger partial charge in [-0.15, -0.1) is 0 Å². The van der Waals surface area contributed by atoms with Crippen LogP contribution >= 0.6 is 0 Å². The van der Waals surface area contributed by atoms with E-state index in [0.717, 1.165) is 10.5 Å². The molecule has 4 rings (SSSR count). The number of imide groups is 1. The Balaban J connectivity index is 1.94. The van der Waals surface area contributed by atoms with Gasteiger partial charge in [0.05, 0.1) is 56.3 Å². The molecule has 1 heterocycles. The average Bonchev–Trinajstić information content (AvgIpc) is 3.08. The van der Waals surface area contributed by atoms with Gasteiger partial charge in [-0.3, -0.25) is 19.3 Å². The van der Waals surface area contributed by atoms with E-state index in [2.05, 4.69) is 0 Å². The summed E-state index contributed by atoms with van der Waals surface area (Å²) in [6.45, 7) is 4.88. The second-order valence-electron chi connectivity index (χ2n) is 11.0. The van der Waals surface area contributed by atoms with Gasteiger partial charge in [-0.25, -0.2) is 0 Å². The molecule has 1 atom stereocenters. The van der Waals surface area contributed by atoms with Gasteiger partial charge in [-0.05, 0) is 49.8 Å². The summed E-state index contributed by atoms with van der Waals surface area (Å²) in [6.07, 6.45) is 1.49. The van der Waals surface area contributed by atoms with Crippen LogP contribution in [0.25, 0.3) is 6.08 Å². The quantitative estimate of drug-likeness (QED) is 0.252. The van der Waals surface area contributed by atoms with E-state index in [1.165, 1.54) is 60.6 Å². The first-order valence-corrected chi connectivity index (χ1v) is 15.1. The lowest BCUT2D eigenvalue weighted by molar-refractivity contribution is -0.158. The summed E-state index contributed by atoms with van der Waals surface area (Å²) in [5, 5.41) is 0. The van der Waals surface area contributed by atoms with Crippen LogP contribution in [-0.2, 0) is 27.3 Å². The molecule has 1 aliphatic heterocycles. The highest BCUT2D eigenvalue weighted by Gasteiger charge is 2.45. The van der Waals surface area contributed by atoms with Crippen molar-refractivity contribution in [3.63, 3.8) is 0 Å². The fraction of sp³-hybridized carbons (Fsp3) is 0.361. The molecule has 0 aliphatic carbocycles. The number of carbonyl (C=O) groups excluding carboxylic acids is 3. The monoisotopic (exact) mass is 662 g/mol. The Morgan fingerprint density at radius 2 is 1.27 bits per heavy atom. The van der Waals surface area contributed by atoms with Crippen molar-refractivity contribution >= 4 is 23.8 Å². The van der Waals surface area contributed by atoms with Crippen molar-refractivity contribution in [1.29, 1.82) is 0 Å². The molecule has 0 aromatic heterocycles. The lowest BCUT2D eigenvalue weighted by atomic mass is 9.95. The number of piperazine rings is 1. The molecule has 0 N–H and O–H groups in total. The van der Waals surface area contributed by atoms with Crippen molar-refractivity contribution in [2.24, 2.45) is 0 Å². The number of methoxy groups -OCH3 is 7. The first-order chi connectivity index (χ1) is 23.0.